The molecule has 8 nitrogen and oxygen atoms in total. The lowest BCUT2D eigenvalue weighted by atomic mass is 9.99. The molecule has 1 aromatic heterocycles. The fraction of sp³-hybridized carbons (Fsp3) is 0.350. The molecule has 30 heavy (non-hydrogen) atoms. The number of sulfonamides is 1. The highest BCUT2D eigenvalue weighted by molar-refractivity contribution is 7.89. The number of fused-ring (bicyclic) bond motifs is 1. The Morgan fingerprint density at radius 3 is 2.93 bits per heavy atom. The summed E-state index contributed by atoms with van der Waals surface area (Å²) in [4.78, 5) is 12.9. The number of ether oxygens (including phenoxy) is 1. The molecule has 1 amide bonds. The highest BCUT2D eigenvalue weighted by Crippen LogP contribution is 2.28. The van der Waals surface area contributed by atoms with Gasteiger partial charge in [0, 0.05) is 19.6 Å². The molecule has 0 unspecified atom stereocenters. The second-order valence-corrected chi connectivity index (χ2v) is 9.59. The summed E-state index contributed by atoms with van der Waals surface area (Å²) in [5.74, 6) is 0.181. The van der Waals surface area contributed by atoms with E-state index in [1.54, 1.807) is 25.3 Å². The van der Waals surface area contributed by atoms with Crippen LogP contribution in [0.3, 0.4) is 0 Å². The van der Waals surface area contributed by atoms with Gasteiger partial charge in [0.25, 0.3) is 0 Å². The van der Waals surface area contributed by atoms with Crippen molar-refractivity contribution in [3.05, 3.63) is 48.0 Å². The van der Waals surface area contributed by atoms with Crippen LogP contribution >= 0.6 is 11.7 Å². The molecular formula is C20H22N4O4S2. The van der Waals surface area contributed by atoms with E-state index in [1.165, 1.54) is 4.31 Å². The van der Waals surface area contributed by atoms with Crippen LogP contribution in [0.4, 0.5) is 0 Å². The third-order valence-electron chi connectivity index (χ3n) is 5.22. The number of hydrogen-bond donors (Lipinski definition) is 1. The average molecular weight is 447 g/mol. The van der Waals surface area contributed by atoms with Crippen LogP contribution in [0.5, 0.6) is 5.75 Å². The molecule has 3 aromatic rings. The van der Waals surface area contributed by atoms with Crippen molar-refractivity contribution in [2.45, 2.75) is 24.3 Å². The van der Waals surface area contributed by atoms with Crippen LogP contribution in [0.25, 0.3) is 11.0 Å². The average Bonchev–Trinajstić information content (AvgIpc) is 3.26. The highest BCUT2D eigenvalue weighted by atomic mass is 32.2. The van der Waals surface area contributed by atoms with Gasteiger partial charge in [0.15, 0.2) is 0 Å². The Balaban J connectivity index is 1.46. The summed E-state index contributed by atoms with van der Waals surface area (Å²) < 4.78 is 41.3. The SMILES string of the molecule is COc1cccc(CNC(=O)[C@H]2CCCN(S(=O)(=O)c3cccc4nsnc34)C2)c1. The van der Waals surface area contributed by atoms with Crippen LogP contribution in [0, 0.1) is 5.92 Å². The molecule has 0 bridgehead atoms. The Morgan fingerprint density at radius 2 is 2.10 bits per heavy atom. The van der Waals surface area contributed by atoms with Gasteiger partial charge in [-0.1, -0.05) is 18.2 Å². The van der Waals surface area contributed by atoms with E-state index in [0.717, 1.165) is 23.0 Å². The molecule has 0 aliphatic carbocycles. The molecule has 4 rings (SSSR count). The largest absolute Gasteiger partial charge is 0.497 e. The molecule has 1 atom stereocenters. The fourth-order valence-electron chi connectivity index (χ4n) is 3.62. The van der Waals surface area contributed by atoms with Crippen LogP contribution < -0.4 is 10.1 Å². The molecule has 2 heterocycles. The number of nitrogens with zero attached hydrogens (tertiary/aromatic N) is 3. The van der Waals surface area contributed by atoms with E-state index < -0.39 is 15.9 Å². The highest BCUT2D eigenvalue weighted by Gasteiger charge is 2.34. The monoisotopic (exact) mass is 446 g/mol. The first-order valence-electron chi connectivity index (χ1n) is 9.61. The van der Waals surface area contributed by atoms with Crippen LogP contribution in [0.1, 0.15) is 18.4 Å². The molecular weight excluding hydrogens is 424 g/mol. The number of nitrogens with one attached hydrogen (secondary N) is 1. The van der Waals surface area contributed by atoms with Crippen molar-refractivity contribution >= 4 is 38.7 Å². The van der Waals surface area contributed by atoms with Crippen molar-refractivity contribution in [3.8, 4) is 5.75 Å². The van der Waals surface area contributed by atoms with Crippen molar-refractivity contribution in [2.75, 3.05) is 20.2 Å². The minimum Gasteiger partial charge on any atom is -0.497 e. The Kier molecular flexibility index (Phi) is 5.98. The molecule has 1 aliphatic heterocycles. The van der Waals surface area contributed by atoms with E-state index in [4.69, 9.17) is 4.74 Å². The smallest absolute Gasteiger partial charge is 0.245 e. The van der Waals surface area contributed by atoms with Crippen LogP contribution in [0.2, 0.25) is 0 Å². The van der Waals surface area contributed by atoms with E-state index in [0.29, 0.717) is 37.0 Å². The van der Waals surface area contributed by atoms with E-state index >= 15 is 0 Å². The zero-order valence-corrected chi connectivity index (χ0v) is 18.1. The van der Waals surface area contributed by atoms with Gasteiger partial charge in [0.1, 0.15) is 21.7 Å². The quantitative estimate of drug-likeness (QED) is 0.624. The molecule has 0 radical (unpaired) electrons. The summed E-state index contributed by atoms with van der Waals surface area (Å²) >= 11 is 0.986. The van der Waals surface area contributed by atoms with E-state index in [1.807, 2.05) is 24.3 Å². The molecule has 1 N–H and O–H groups in total. The van der Waals surface area contributed by atoms with Crippen molar-refractivity contribution in [2.24, 2.45) is 5.92 Å². The number of carbonyl (C=O) groups is 1. The summed E-state index contributed by atoms with van der Waals surface area (Å²) in [6.45, 7) is 0.902. The van der Waals surface area contributed by atoms with Gasteiger partial charge in [0.2, 0.25) is 15.9 Å². The number of piperidine rings is 1. The second kappa shape index (κ2) is 8.66. The molecule has 1 saturated heterocycles. The summed E-state index contributed by atoms with van der Waals surface area (Å²) in [6, 6.07) is 12.4. The van der Waals surface area contributed by atoms with Crippen LogP contribution in [0.15, 0.2) is 47.4 Å². The van der Waals surface area contributed by atoms with Gasteiger partial charge < -0.3 is 10.1 Å². The van der Waals surface area contributed by atoms with Crippen molar-refractivity contribution < 1.29 is 17.9 Å². The number of aromatic nitrogens is 2. The van der Waals surface area contributed by atoms with Gasteiger partial charge in [-0.3, -0.25) is 4.79 Å². The first-order chi connectivity index (χ1) is 14.5. The molecule has 10 heteroatoms. The molecule has 158 valence electrons. The topological polar surface area (TPSA) is 101 Å². The summed E-state index contributed by atoms with van der Waals surface area (Å²) in [5.41, 5.74) is 1.86. The van der Waals surface area contributed by atoms with Gasteiger partial charge in [-0.2, -0.15) is 13.1 Å². The lowest BCUT2D eigenvalue weighted by Gasteiger charge is -2.31. The number of amides is 1. The Morgan fingerprint density at radius 1 is 1.27 bits per heavy atom. The Hall–Kier alpha value is -2.56. The lowest BCUT2D eigenvalue weighted by Crippen LogP contribution is -2.45. The maximum absolute atomic E-state index is 13.2. The first kappa shape index (κ1) is 20.7. The number of methoxy groups -OCH3 is 1. The fourth-order valence-corrected chi connectivity index (χ4v) is 5.90. The first-order valence-corrected chi connectivity index (χ1v) is 11.8. The number of rotatable bonds is 6. The van der Waals surface area contributed by atoms with E-state index in [2.05, 4.69) is 14.1 Å². The van der Waals surface area contributed by atoms with Gasteiger partial charge in [-0.15, -0.1) is 0 Å². The van der Waals surface area contributed by atoms with E-state index in [-0.39, 0.29) is 17.3 Å². The molecule has 2 aromatic carbocycles. The van der Waals surface area contributed by atoms with Crippen LogP contribution in [-0.4, -0.2) is 47.6 Å². The lowest BCUT2D eigenvalue weighted by molar-refractivity contribution is -0.126. The van der Waals surface area contributed by atoms with E-state index in [9.17, 15) is 13.2 Å². The predicted octanol–water partition coefficient (Wildman–Crippen LogP) is 2.42. The van der Waals surface area contributed by atoms with Crippen molar-refractivity contribution in [3.63, 3.8) is 0 Å². The third-order valence-corrected chi connectivity index (χ3v) is 7.66. The molecule has 1 fully saturated rings. The predicted molar refractivity (Wildman–Crippen MR) is 114 cm³/mol. The Labute approximate surface area is 179 Å². The standard InChI is InChI=1S/C20H22N4O4S2/c1-28-16-7-2-5-14(11-16)12-21-20(25)15-6-4-10-24(13-15)30(26,27)18-9-3-8-17-19(18)23-29-22-17/h2-3,5,7-9,11,15H,4,6,10,12-13H2,1H3,(H,21,25)/t15-/m0/s1. The maximum atomic E-state index is 13.2. The van der Waals surface area contributed by atoms with Gasteiger partial charge >= 0.3 is 0 Å². The number of hydrogen-bond acceptors (Lipinski definition) is 7. The third kappa shape index (κ3) is 4.16. The Bertz CT molecular complexity index is 1160. The number of benzene rings is 2. The molecule has 0 spiro atoms. The van der Waals surface area contributed by atoms with Crippen LogP contribution in [-0.2, 0) is 21.4 Å². The van der Waals surface area contributed by atoms with Gasteiger partial charge in [-0.05, 0) is 42.7 Å². The van der Waals surface area contributed by atoms with Gasteiger partial charge in [0.05, 0.1) is 24.8 Å². The minimum absolute atomic E-state index is 0.145. The zero-order chi connectivity index (χ0) is 21.1. The number of carbonyl (C=O) groups excluding carboxylic acids is 1. The molecule has 1 aliphatic rings. The maximum Gasteiger partial charge on any atom is 0.245 e. The zero-order valence-electron chi connectivity index (χ0n) is 16.4. The van der Waals surface area contributed by atoms with Crippen molar-refractivity contribution in [1.82, 2.24) is 18.4 Å². The normalized spacial score (nSPS) is 17.7. The summed E-state index contributed by atoms with van der Waals surface area (Å²) in [5, 5.41) is 2.92. The minimum atomic E-state index is -3.76. The summed E-state index contributed by atoms with van der Waals surface area (Å²) in [6.07, 6.45) is 1.28. The summed E-state index contributed by atoms with van der Waals surface area (Å²) in [7, 11) is -2.17. The van der Waals surface area contributed by atoms with Crippen molar-refractivity contribution in [1.29, 1.82) is 0 Å². The molecule has 0 saturated carbocycles. The second-order valence-electron chi connectivity index (χ2n) is 7.16. The van der Waals surface area contributed by atoms with Gasteiger partial charge in [-0.25, -0.2) is 8.42 Å².